The second-order valence-corrected chi connectivity index (χ2v) is 10.5. The molecular weight excluding hydrogens is 507 g/mol. The number of methoxy groups -OCH3 is 1. The van der Waals surface area contributed by atoms with Crippen LogP contribution in [0.4, 0.5) is 19.0 Å². The molecule has 0 spiro atoms. The number of halogens is 3. The fraction of sp³-hybridized carbons (Fsp3) is 0.240. The molecule has 8 nitrogen and oxygen atoms in total. The van der Waals surface area contributed by atoms with Gasteiger partial charge < -0.3 is 9.30 Å². The molecule has 0 fully saturated rings. The van der Waals surface area contributed by atoms with Gasteiger partial charge in [-0.3, -0.25) is 0 Å². The molecule has 0 saturated heterocycles. The van der Waals surface area contributed by atoms with Crippen molar-refractivity contribution in [1.29, 1.82) is 5.26 Å². The topological polar surface area (TPSA) is 101 Å². The minimum Gasteiger partial charge on any atom is -0.497 e. The Morgan fingerprint density at radius 3 is 2.54 bits per heavy atom. The van der Waals surface area contributed by atoms with Crippen LogP contribution in [0.15, 0.2) is 59.9 Å². The SMILES string of the molecule is COc1ccc2c(c1)c(C1Cc3c(C#N)ncnc3N1S(=O)(=O)c1ccc(C)cc1)cn2CC(F)(F)F. The average molecular weight is 528 g/mol. The van der Waals surface area contributed by atoms with Gasteiger partial charge in [-0.1, -0.05) is 17.7 Å². The summed E-state index contributed by atoms with van der Waals surface area (Å²) in [4.78, 5) is 8.15. The summed E-state index contributed by atoms with van der Waals surface area (Å²) in [5.74, 6) is 0.427. The number of nitriles is 1. The van der Waals surface area contributed by atoms with E-state index in [9.17, 15) is 26.9 Å². The first kappa shape index (κ1) is 24.6. The lowest BCUT2D eigenvalue weighted by atomic mass is 10.0. The van der Waals surface area contributed by atoms with Crippen molar-refractivity contribution in [2.24, 2.45) is 0 Å². The maximum absolute atomic E-state index is 14.0. The summed E-state index contributed by atoms with van der Waals surface area (Å²) in [7, 11) is -2.80. The third kappa shape index (κ3) is 4.25. The Balaban J connectivity index is 1.76. The van der Waals surface area contributed by atoms with Crippen LogP contribution in [0, 0.1) is 18.3 Å². The number of fused-ring (bicyclic) bond motifs is 2. The molecule has 0 bridgehead atoms. The Morgan fingerprint density at radius 1 is 1.16 bits per heavy atom. The Morgan fingerprint density at radius 2 is 1.89 bits per heavy atom. The van der Waals surface area contributed by atoms with Gasteiger partial charge in [0.15, 0.2) is 5.82 Å². The summed E-state index contributed by atoms with van der Waals surface area (Å²) in [5, 5.41) is 10.0. The maximum atomic E-state index is 14.0. The number of sulfonamides is 1. The predicted octanol–water partition coefficient (Wildman–Crippen LogP) is 4.68. The molecule has 0 saturated carbocycles. The van der Waals surface area contributed by atoms with Crippen LogP contribution in [0.25, 0.3) is 10.9 Å². The van der Waals surface area contributed by atoms with Crippen LogP contribution < -0.4 is 9.04 Å². The first-order valence-corrected chi connectivity index (χ1v) is 12.6. The molecule has 190 valence electrons. The van der Waals surface area contributed by atoms with Crippen LogP contribution in [0.1, 0.15) is 28.4 Å². The summed E-state index contributed by atoms with van der Waals surface area (Å²) in [6, 6.07) is 11.8. The van der Waals surface area contributed by atoms with Crippen LogP contribution in [-0.4, -0.2) is 36.2 Å². The van der Waals surface area contributed by atoms with E-state index in [1.165, 1.54) is 31.5 Å². The molecule has 1 atom stereocenters. The number of hydrogen-bond acceptors (Lipinski definition) is 6. The zero-order chi connectivity index (χ0) is 26.5. The van der Waals surface area contributed by atoms with Crippen molar-refractivity contribution in [3.8, 4) is 11.8 Å². The molecule has 2 aromatic carbocycles. The highest BCUT2D eigenvalue weighted by molar-refractivity contribution is 7.92. The molecule has 0 aliphatic carbocycles. The second kappa shape index (κ2) is 8.77. The number of aryl methyl sites for hydroxylation is 1. The van der Waals surface area contributed by atoms with Crippen molar-refractivity contribution in [3.63, 3.8) is 0 Å². The zero-order valence-electron chi connectivity index (χ0n) is 19.7. The largest absolute Gasteiger partial charge is 0.497 e. The molecule has 1 aliphatic rings. The summed E-state index contributed by atoms with van der Waals surface area (Å²) < 4.78 is 75.6. The number of rotatable bonds is 5. The van der Waals surface area contributed by atoms with Gasteiger partial charge >= 0.3 is 6.18 Å². The Bertz CT molecular complexity index is 1660. The zero-order valence-corrected chi connectivity index (χ0v) is 20.5. The van der Waals surface area contributed by atoms with Gasteiger partial charge in [-0.2, -0.15) is 18.4 Å². The smallest absolute Gasteiger partial charge is 0.406 e. The average Bonchev–Trinajstić information content (AvgIpc) is 3.41. The van der Waals surface area contributed by atoms with Crippen LogP contribution >= 0.6 is 0 Å². The monoisotopic (exact) mass is 527 g/mol. The number of anilines is 1. The van der Waals surface area contributed by atoms with Crippen LogP contribution in [0.2, 0.25) is 0 Å². The van der Waals surface area contributed by atoms with Gasteiger partial charge in [0.1, 0.15) is 30.4 Å². The number of hydrogen-bond donors (Lipinski definition) is 0. The van der Waals surface area contributed by atoms with Crippen molar-refractivity contribution in [2.75, 3.05) is 11.4 Å². The van der Waals surface area contributed by atoms with Gasteiger partial charge in [0.25, 0.3) is 10.0 Å². The Labute approximate surface area is 210 Å². The lowest BCUT2D eigenvalue weighted by molar-refractivity contribution is -0.139. The highest BCUT2D eigenvalue weighted by Crippen LogP contribution is 2.46. The molecule has 5 rings (SSSR count). The highest BCUT2D eigenvalue weighted by atomic mass is 32.2. The molecule has 37 heavy (non-hydrogen) atoms. The number of benzene rings is 2. The van der Waals surface area contributed by atoms with E-state index in [0.29, 0.717) is 22.3 Å². The Hall–Kier alpha value is -4.11. The summed E-state index contributed by atoms with van der Waals surface area (Å²) >= 11 is 0. The molecule has 1 aliphatic heterocycles. The van der Waals surface area contributed by atoms with Gasteiger partial charge in [0, 0.05) is 34.6 Å². The fourth-order valence-electron chi connectivity index (χ4n) is 4.66. The van der Waals surface area contributed by atoms with Crippen molar-refractivity contribution in [3.05, 3.63) is 77.4 Å². The van der Waals surface area contributed by atoms with Gasteiger partial charge in [0.2, 0.25) is 0 Å². The molecular formula is C25H20F3N5O3S. The summed E-state index contributed by atoms with van der Waals surface area (Å²) in [6.07, 6.45) is -2.08. The fourth-order valence-corrected chi connectivity index (χ4v) is 6.28. The van der Waals surface area contributed by atoms with E-state index in [1.807, 2.05) is 13.0 Å². The van der Waals surface area contributed by atoms with Gasteiger partial charge in [0.05, 0.1) is 18.0 Å². The molecule has 2 aromatic heterocycles. The lowest BCUT2D eigenvalue weighted by Crippen LogP contribution is -2.32. The van der Waals surface area contributed by atoms with E-state index in [2.05, 4.69) is 9.97 Å². The number of nitrogens with zero attached hydrogens (tertiary/aromatic N) is 5. The minimum atomic E-state index is -4.51. The maximum Gasteiger partial charge on any atom is 0.406 e. The van der Waals surface area contributed by atoms with E-state index >= 15 is 0 Å². The van der Waals surface area contributed by atoms with Crippen molar-refractivity contribution in [1.82, 2.24) is 14.5 Å². The van der Waals surface area contributed by atoms with E-state index in [1.54, 1.807) is 24.3 Å². The van der Waals surface area contributed by atoms with Crippen molar-refractivity contribution in [2.45, 2.75) is 37.0 Å². The van der Waals surface area contributed by atoms with E-state index in [-0.39, 0.29) is 28.3 Å². The predicted molar refractivity (Wildman–Crippen MR) is 129 cm³/mol. The Kier molecular flexibility index (Phi) is 5.83. The molecule has 12 heteroatoms. The third-order valence-corrected chi connectivity index (χ3v) is 8.14. The number of alkyl halides is 3. The molecule has 4 aromatic rings. The van der Waals surface area contributed by atoms with Crippen molar-refractivity contribution >= 4 is 26.7 Å². The van der Waals surface area contributed by atoms with Crippen LogP contribution in [0.3, 0.4) is 0 Å². The van der Waals surface area contributed by atoms with Crippen LogP contribution in [0.5, 0.6) is 5.75 Å². The number of ether oxygens (including phenoxy) is 1. The molecule has 0 amide bonds. The van der Waals surface area contributed by atoms with E-state index in [0.717, 1.165) is 20.8 Å². The molecule has 1 unspecified atom stereocenters. The standard InChI is InChI=1S/C25H20F3N5O3S/c1-15-3-6-17(7-4-15)37(34,35)33-23(10-19-21(11-29)30-14-31-24(19)33)20-12-32(13-25(26,27)28)22-8-5-16(36-2)9-18(20)22/h3-9,12,14,23H,10,13H2,1-2H3. The third-order valence-electron chi connectivity index (χ3n) is 6.32. The van der Waals surface area contributed by atoms with Crippen molar-refractivity contribution < 1.29 is 26.3 Å². The quantitative estimate of drug-likeness (QED) is 0.374. The normalized spacial score (nSPS) is 15.6. The second-order valence-electron chi connectivity index (χ2n) is 8.68. The molecule has 0 radical (unpaired) electrons. The summed E-state index contributed by atoms with van der Waals surface area (Å²) in [5.41, 5.74) is 1.77. The van der Waals surface area contributed by atoms with Gasteiger partial charge in [-0.25, -0.2) is 22.7 Å². The van der Waals surface area contributed by atoms with Gasteiger partial charge in [-0.05, 0) is 37.3 Å². The number of aromatic nitrogens is 3. The minimum absolute atomic E-state index is 0.00645. The first-order valence-electron chi connectivity index (χ1n) is 11.1. The van der Waals surface area contributed by atoms with Crippen LogP contribution in [-0.2, 0) is 23.0 Å². The summed E-state index contributed by atoms with van der Waals surface area (Å²) in [6.45, 7) is 0.559. The van der Waals surface area contributed by atoms with E-state index in [4.69, 9.17) is 4.74 Å². The molecule has 0 N–H and O–H groups in total. The molecule has 3 heterocycles. The van der Waals surface area contributed by atoms with E-state index < -0.39 is 28.8 Å². The first-order chi connectivity index (χ1) is 17.5. The highest BCUT2D eigenvalue weighted by Gasteiger charge is 2.43. The van der Waals surface area contributed by atoms with Gasteiger partial charge in [-0.15, -0.1) is 0 Å². The lowest BCUT2D eigenvalue weighted by Gasteiger charge is -2.26.